The smallest absolute Gasteiger partial charge is 0.416 e. The number of alkyl halides is 2. The highest BCUT2D eigenvalue weighted by Gasteiger charge is 2.31. The molecule has 1 aromatic carbocycles. The van der Waals surface area contributed by atoms with E-state index in [1.165, 1.54) is 28.9 Å². The number of Topliss-reactive ketones (excluding diaryl/α,β-unsaturated/α-hetero) is 1. The Hall–Kier alpha value is -4.94. The van der Waals surface area contributed by atoms with Crippen LogP contribution in [-0.4, -0.2) is 49.7 Å². The van der Waals surface area contributed by atoms with E-state index in [1.807, 2.05) is 0 Å². The lowest BCUT2D eigenvalue weighted by molar-refractivity contribution is 0.0577. The monoisotopic (exact) mass is 592 g/mol. The number of ether oxygens (including phenoxy) is 1. The topological polar surface area (TPSA) is 132 Å². The largest absolute Gasteiger partial charge is 0.444 e. The van der Waals surface area contributed by atoms with Crippen molar-refractivity contribution >= 4 is 29.3 Å². The zero-order chi connectivity index (χ0) is 30.9. The van der Waals surface area contributed by atoms with Crippen LogP contribution in [0.2, 0.25) is 0 Å². The standard InChI is InChI=1S/C30H30F2N6O5/c1-17(39)19-7-9-21(10-8-19)38-15-22(25(36-38)26(31)32)34-27(40)23-16-42-28(35-23)20-11-12-33-24(13-20)37(14-18-5-6-18)29(41)43-30(2,3)4/h7-13,15-16,18,26H,5-6,14H2,1-4H3,(H,34,40). The molecule has 0 spiro atoms. The molecule has 3 heterocycles. The van der Waals surface area contributed by atoms with Crippen molar-refractivity contribution in [3.05, 3.63) is 72.0 Å². The number of oxazole rings is 1. The highest BCUT2D eigenvalue weighted by molar-refractivity contribution is 6.03. The fourth-order valence-electron chi connectivity index (χ4n) is 4.16. The summed E-state index contributed by atoms with van der Waals surface area (Å²) in [6.45, 7) is 7.22. The summed E-state index contributed by atoms with van der Waals surface area (Å²) in [5.41, 5.74) is -0.363. The zero-order valence-corrected chi connectivity index (χ0v) is 24.0. The molecule has 0 radical (unpaired) electrons. The average molecular weight is 593 g/mol. The van der Waals surface area contributed by atoms with Gasteiger partial charge in [0.2, 0.25) is 5.89 Å². The van der Waals surface area contributed by atoms with E-state index in [0.29, 0.717) is 35.1 Å². The number of anilines is 2. The second-order valence-electron chi connectivity index (χ2n) is 11.2. The van der Waals surface area contributed by atoms with Crippen LogP contribution in [0.25, 0.3) is 17.1 Å². The fraction of sp³-hybridized carbons (Fsp3) is 0.333. The summed E-state index contributed by atoms with van der Waals surface area (Å²) in [5, 5.41) is 6.34. The van der Waals surface area contributed by atoms with E-state index in [2.05, 4.69) is 20.4 Å². The van der Waals surface area contributed by atoms with Gasteiger partial charge in [0.25, 0.3) is 12.3 Å². The molecule has 224 valence electrons. The van der Waals surface area contributed by atoms with E-state index in [-0.39, 0.29) is 23.1 Å². The van der Waals surface area contributed by atoms with Crippen LogP contribution in [-0.2, 0) is 4.74 Å². The van der Waals surface area contributed by atoms with Crippen molar-refractivity contribution < 1.29 is 32.3 Å². The number of aromatic nitrogens is 4. The van der Waals surface area contributed by atoms with Crippen molar-refractivity contribution in [1.82, 2.24) is 19.7 Å². The number of benzene rings is 1. The third kappa shape index (κ3) is 7.11. The van der Waals surface area contributed by atoms with E-state index < -0.39 is 29.7 Å². The average Bonchev–Trinajstić information content (AvgIpc) is 3.45. The van der Waals surface area contributed by atoms with Gasteiger partial charge in [0.05, 0.1) is 17.6 Å². The molecule has 43 heavy (non-hydrogen) atoms. The van der Waals surface area contributed by atoms with Crippen LogP contribution < -0.4 is 10.2 Å². The lowest BCUT2D eigenvalue weighted by Crippen LogP contribution is -2.38. The van der Waals surface area contributed by atoms with Crippen molar-refractivity contribution in [3.8, 4) is 17.1 Å². The van der Waals surface area contributed by atoms with Gasteiger partial charge >= 0.3 is 6.09 Å². The molecule has 1 N–H and O–H groups in total. The molecule has 0 atom stereocenters. The Kier molecular flexibility index (Phi) is 8.07. The minimum atomic E-state index is -2.97. The van der Waals surface area contributed by atoms with Crippen LogP contribution in [0.4, 0.5) is 25.1 Å². The first-order chi connectivity index (χ1) is 20.4. The van der Waals surface area contributed by atoms with Crippen LogP contribution in [0.5, 0.6) is 0 Å². The number of nitrogens with one attached hydrogen (secondary N) is 1. The molecular weight excluding hydrogens is 562 g/mol. The summed E-state index contributed by atoms with van der Waals surface area (Å²) < 4.78 is 39.9. The normalized spacial score (nSPS) is 13.2. The molecule has 0 aliphatic heterocycles. The SMILES string of the molecule is CC(=O)c1ccc(-n2cc(NC(=O)c3coc(-c4ccnc(N(CC5CC5)C(=O)OC(C)(C)C)c4)n3)c(C(F)F)n2)cc1. The van der Waals surface area contributed by atoms with Crippen molar-refractivity contribution in [2.45, 2.75) is 52.6 Å². The number of nitrogens with zero attached hydrogens (tertiary/aromatic N) is 5. The Morgan fingerprint density at radius 2 is 1.88 bits per heavy atom. The van der Waals surface area contributed by atoms with Gasteiger partial charge in [-0.2, -0.15) is 5.10 Å². The van der Waals surface area contributed by atoms with Gasteiger partial charge in [-0.3, -0.25) is 14.5 Å². The van der Waals surface area contributed by atoms with Gasteiger partial charge in [-0.25, -0.2) is 28.2 Å². The Morgan fingerprint density at radius 3 is 2.51 bits per heavy atom. The van der Waals surface area contributed by atoms with Gasteiger partial charge in [-0.05, 0) is 82.9 Å². The summed E-state index contributed by atoms with van der Waals surface area (Å²) in [4.78, 5) is 47.5. The number of hydrogen-bond donors (Lipinski definition) is 1. The van der Waals surface area contributed by atoms with Gasteiger partial charge in [-0.1, -0.05) is 0 Å². The molecule has 2 amide bonds. The number of carbonyl (C=O) groups excluding carboxylic acids is 3. The van der Waals surface area contributed by atoms with Crippen LogP contribution >= 0.6 is 0 Å². The summed E-state index contributed by atoms with van der Waals surface area (Å²) >= 11 is 0. The molecule has 1 saturated carbocycles. The van der Waals surface area contributed by atoms with Crippen molar-refractivity contribution in [3.63, 3.8) is 0 Å². The summed E-state index contributed by atoms with van der Waals surface area (Å²) in [5.74, 6) is -0.158. The molecule has 1 fully saturated rings. The van der Waals surface area contributed by atoms with Crippen molar-refractivity contribution in [1.29, 1.82) is 0 Å². The number of amides is 2. The molecule has 1 aliphatic rings. The molecule has 5 rings (SSSR count). The third-order valence-corrected chi connectivity index (χ3v) is 6.49. The lowest BCUT2D eigenvalue weighted by Gasteiger charge is -2.27. The summed E-state index contributed by atoms with van der Waals surface area (Å²) in [7, 11) is 0. The number of rotatable bonds is 9. The van der Waals surface area contributed by atoms with Crippen LogP contribution in [0, 0.1) is 5.92 Å². The van der Waals surface area contributed by atoms with Crippen LogP contribution in [0.15, 0.2) is 59.5 Å². The van der Waals surface area contributed by atoms with E-state index in [4.69, 9.17) is 9.15 Å². The minimum Gasteiger partial charge on any atom is -0.444 e. The maximum absolute atomic E-state index is 13.8. The number of ketones is 1. The van der Waals surface area contributed by atoms with Gasteiger partial charge < -0.3 is 14.5 Å². The summed E-state index contributed by atoms with van der Waals surface area (Å²) in [6.07, 6.45) is 2.37. The molecule has 4 aromatic rings. The highest BCUT2D eigenvalue weighted by atomic mass is 19.3. The molecule has 0 saturated heterocycles. The number of carbonyl (C=O) groups is 3. The van der Waals surface area contributed by atoms with Crippen LogP contribution in [0.3, 0.4) is 0 Å². The third-order valence-electron chi connectivity index (χ3n) is 6.49. The highest BCUT2D eigenvalue weighted by Crippen LogP contribution is 2.33. The second kappa shape index (κ2) is 11.7. The Bertz CT molecular complexity index is 1650. The fourth-order valence-corrected chi connectivity index (χ4v) is 4.16. The van der Waals surface area contributed by atoms with Gasteiger partial charge in [-0.15, -0.1) is 0 Å². The first kappa shape index (κ1) is 29.5. The molecule has 1 aliphatic carbocycles. The predicted octanol–water partition coefficient (Wildman–Crippen LogP) is 6.47. The Balaban J connectivity index is 1.35. The van der Waals surface area contributed by atoms with E-state index in [0.717, 1.165) is 19.1 Å². The van der Waals surface area contributed by atoms with Crippen LogP contribution in [0.1, 0.15) is 73.5 Å². The van der Waals surface area contributed by atoms with Crippen molar-refractivity contribution in [2.75, 3.05) is 16.8 Å². The molecular formula is C30H30F2N6O5. The van der Waals surface area contributed by atoms with Gasteiger partial charge in [0, 0.05) is 23.9 Å². The molecule has 0 unspecified atom stereocenters. The van der Waals surface area contributed by atoms with Crippen molar-refractivity contribution in [2.24, 2.45) is 5.92 Å². The molecule has 11 nitrogen and oxygen atoms in total. The van der Waals surface area contributed by atoms with E-state index in [1.54, 1.807) is 57.2 Å². The number of halogens is 2. The lowest BCUT2D eigenvalue weighted by atomic mass is 10.1. The maximum atomic E-state index is 13.8. The molecule has 0 bridgehead atoms. The molecule has 13 heteroatoms. The van der Waals surface area contributed by atoms with E-state index in [9.17, 15) is 23.2 Å². The number of hydrogen-bond acceptors (Lipinski definition) is 8. The maximum Gasteiger partial charge on any atom is 0.416 e. The zero-order valence-electron chi connectivity index (χ0n) is 24.0. The van der Waals surface area contributed by atoms with Gasteiger partial charge in [0.15, 0.2) is 17.2 Å². The number of pyridine rings is 1. The first-order valence-electron chi connectivity index (χ1n) is 13.6. The van der Waals surface area contributed by atoms with E-state index >= 15 is 0 Å². The predicted molar refractivity (Wildman–Crippen MR) is 153 cm³/mol. The first-order valence-corrected chi connectivity index (χ1v) is 13.6. The second-order valence-corrected chi connectivity index (χ2v) is 11.2. The Morgan fingerprint density at radius 1 is 1.16 bits per heavy atom. The minimum absolute atomic E-state index is 0.0692. The Labute approximate surface area is 245 Å². The quantitative estimate of drug-likeness (QED) is 0.219. The summed E-state index contributed by atoms with van der Waals surface area (Å²) in [6, 6.07) is 9.45. The molecule has 3 aromatic heterocycles. The van der Waals surface area contributed by atoms with Gasteiger partial charge in [0.1, 0.15) is 17.7 Å².